The highest BCUT2D eigenvalue weighted by atomic mass is 79.9. The summed E-state index contributed by atoms with van der Waals surface area (Å²) in [5.74, 6) is 0.525. The van der Waals surface area contributed by atoms with Gasteiger partial charge in [0.25, 0.3) is 0 Å². The zero-order valence-electron chi connectivity index (χ0n) is 14.5. The molecule has 0 radical (unpaired) electrons. The lowest BCUT2D eigenvalue weighted by Crippen LogP contribution is -2.49. The summed E-state index contributed by atoms with van der Waals surface area (Å²) >= 11 is 3.37. The average Bonchev–Trinajstić information content (AvgIpc) is 3.02. The third kappa shape index (κ3) is 5.01. The summed E-state index contributed by atoms with van der Waals surface area (Å²) in [6, 6.07) is 7.34. The van der Waals surface area contributed by atoms with Crippen molar-refractivity contribution in [1.82, 2.24) is 15.0 Å². The number of nitrogens with two attached hydrogens (primary N) is 1. The van der Waals surface area contributed by atoms with Crippen molar-refractivity contribution >= 4 is 34.2 Å². The molecule has 9 heteroatoms. The number of halogens is 2. The Morgan fingerprint density at radius 1 is 1.44 bits per heavy atom. The third-order valence-corrected chi connectivity index (χ3v) is 4.34. The molecule has 0 saturated carbocycles. The van der Waals surface area contributed by atoms with Gasteiger partial charge in [0.15, 0.2) is 5.82 Å². The van der Waals surface area contributed by atoms with Crippen LogP contribution in [0.4, 0.5) is 0 Å². The van der Waals surface area contributed by atoms with Crippen LogP contribution in [-0.2, 0) is 21.6 Å². The Hall–Kier alpha value is -1.48. The van der Waals surface area contributed by atoms with Crippen LogP contribution in [0.25, 0.3) is 0 Å². The molecule has 7 nitrogen and oxygen atoms in total. The largest absolute Gasteiger partial charge is 0.374 e. The Kier molecular flexibility index (Phi) is 7.55. The molecule has 0 fully saturated rings. The van der Waals surface area contributed by atoms with E-state index in [2.05, 4.69) is 26.1 Å². The molecule has 138 valence electrons. The molecular weight excluding hydrogens is 412 g/mol. The van der Waals surface area contributed by atoms with Crippen LogP contribution in [0.5, 0.6) is 0 Å². The lowest BCUT2D eigenvalue weighted by molar-refractivity contribution is -0.136. The normalized spacial score (nSPS) is 14.3. The van der Waals surface area contributed by atoms with E-state index in [-0.39, 0.29) is 31.0 Å². The van der Waals surface area contributed by atoms with E-state index in [0.717, 1.165) is 10.0 Å². The topological polar surface area (TPSA) is 94.5 Å². The molecule has 1 amide bonds. The van der Waals surface area contributed by atoms with Crippen LogP contribution in [0.1, 0.15) is 37.2 Å². The number of carbonyl (C=O) groups is 1. The average molecular weight is 434 g/mol. The van der Waals surface area contributed by atoms with Gasteiger partial charge in [0.2, 0.25) is 11.8 Å². The van der Waals surface area contributed by atoms with Crippen molar-refractivity contribution in [2.24, 2.45) is 5.73 Å². The van der Waals surface area contributed by atoms with Gasteiger partial charge in [-0.05, 0) is 31.5 Å². The van der Waals surface area contributed by atoms with E-state index < -0.39 is 5.54 Å². The number of aromatic nitrogens is 2. The van der Waals surface area contributed by atoms with Gasteiger partial charge < -0.3 is 19.9 Å². The van der Waals surface area contributed by atoms with Crippen molar-refractivity contribution in [1.29, 1.82) is 0 Å². The van der Waals surface area contributed by atoms with Crippen molar-refractivity contribution in [3.05, 3.63) is 46.0 Å². The minimum atomic E-state index is -1.15. The van der Waals surface area contributed by atoms with Crippen LogP contribution in [0.15, 0.2) is 33.3 Å². The molecule has 0 aliphatic rings. The second-order valence-electron chi connectivity index (χ2n) is 5.79. The van der Waals surface area contributed by atoms with Crippen molar-refractivity contribution in [3.63, 3.8) is 0 Å². The molecule has 2 N–H and O–H groups in total. The molecule has 1 aromatic heterocycles. The lowest BCUT2D eigenvalue weighted by atomic mass is 9.92. The molecule has 0 aliphatic carbocycles. The second-order valence-corrected chi connectivity index (χ2v) is 6.71. The molecule has 0 bridgehead atoms. The van der Waals surface area contributed by atoms with Gasteiger partial charge in [-0.25, -0.2) is 0 Å². The van der Waals surface area contributed by atoms with Gasteiger partial charge in [-0.1, -0.05) is 33.2 Å². The molecule has 2 unspecified atom stereocenters. The zero-order valence-corrected chi connectivity index (χ0v) is 16.9. The van der Waals surface area contributed by atoms with Crippen molar-refractivity contribution in [3.8, 4) is 0 Å². The van der Waals surface area contributed by atoms with Gasteiger partial charge in [0.1, 0.15) is 11.6 Å². The summed E-state index contributed by atoms with van der Waals surface area (Å²) < 4.78 is 11.2. The fourth-order valence-electron chi connectivity index (χ4n) is 2.19. The highest BCUT2D eigenvalue weighted by Gasteiger charge is 2.33. The van der Waals surface area contributed by atoms with Crippen molar-refractivity contribution < 1.29 is 14.1 Å². The number of amides is 1. The van der Waals surface area contributed by atoms with E-state index in [4.69, 9.17) is 15.0 Å². The first-order chi connectivity index (χ1) is 11.3. The first kappa shape index (κ1) is 21.6. The molecule has 2 aromatic rings. The van der Waals surface area contributed by atoms with Crippen LogP contribution in [-0.4, -0.2) is 35.1 Å². The number of nitrogens with zero attached hydrogens (tertiary/aromatic N) is 3. The summed E-state index contributed by atoms with van der Waals surface area (Å²) in [6.07, 6.45) is -0.272. The number of likely N-dealkylation sites (N-methyl/N-ethyl adjacent to an activating group) is 1. The summed E-state index contributed by atoms with van der Waals surface area (Å²) in [5, 5.41) is 3.84. The summed E-state index contributed by atoms with van der Waals surface area (Å²) in [7, 11) is 3.21. The maximum atomic E-state index is 12.7. The van der Waals surface area contributed by atoms with E-state index in [0.29, 0.717) is 11.7 Å². The number of methoxy groups -OCH3 is 1. The lowest BCUT2D eigenvalue weighted by Gasteiger charge is -2.29. The zero-order chi connectivity index (χ0) is 17.9. The summed E-state index contributed by atoms with van der Waals surface area (Å²) in [5.41, 5.74) is 5.84. The summed E-state index contributed by atoms with van der Waals surface area (Å²) in [6.45, 7) is 3.67. The van der Waals surface area contributed by atoms with Crippen LogP contribution < -0.4 is 5.73 Å². The standard InChI is InChI=1S/C16H21BrN4O3.ClH/c1-10(23-4)14-19-13(24-20-14)9-21(3)15(22)16(2,18)11-5-7-12(17)8-6-11;/h5-8,10H,9,18H2,1-4H3;1H. The molecule has 0 aliphatic heterocycles. The van der Waals surface area contributed by atoms with Gasteiger partial charge in [0, 0.05) is 18.6 Å². The first-order valence-corrected chi connectivity index (χ1v) is 8.20. The second kappa shape index (κ2) is 8.75. The van der Waals surface area contributed by atoms with Crippen LogP contribution in [0, 0.1) is 0 Å². The number of carbonyl (C=O) groups excluding carboxylic acids is 1. The number of hydrogen-bond acceptors (Lipinski definition) is 6. The number of hydrogen-bond donors (Lipinski definition) is 1. The molecule has 0 saturated heterocycles. The first-order valence-electron chi connectivity index (χ1n) is 7.41. The fraction of sp³-hybridized carbons (Fsp3) is 0.438. The van der Waals surface area contributed by atoms with Crippen molar-refractivity contribution in [2.75, 3.05) is 14.2 Å². The molecule has 1 heterocycles. The monoisotopic (exact) mass is 432 g/mol. The van der Waals surface area contributed by atoms with Gasteiger partial charge in [0.05, 0.1) is 6.54 Å². The minimum Gasteiger partial charge on any atom is -0.374 e. The fourth-order valence-corrected chi connectivity index (χ4v) is 2.46. The van der Waals surface area contributed by atoms with E-state index >= 15 is 0 Å². The number of rotatable bonds is 6. The molecule has 2 rings (SSSR count). The van der Waals surface area contributed by atoms with Crippen LogP contribution >= 0.6 is 28.3 Å². The quantitative estimate of drug-likeness (QED) is 0.753. The molecular formula is C16H22BrClN4O3. The van der Waals surface area contributed by atoms with E-state index in [1.807, 2.05) is 31.2 Å². The Bertz CT molecular complexity index is 706. The molecule has 1 aromatic carbocycles. The Morgan fingerprint density at radius 2 is 2.04 bits per heavy atom. The molecule has 2 atom stereocenters. The Labute approximate surface area is 161 Å². The minimum absolute atomic E-state index is 0. The van der Waals surface area contributed by atoms with Gasteiger partial charge >= 0.3 is 0 Å². The van der Waals surface area contributed by atoms with Gasteiger partial charge in [-0.3, -0.25) is 4.79 Å². The van der Waals surface area contributed by atoms with E-state index in [1.165, 1.54) is 4.90 Å². The SMILES string of the molecule is COC(C)c1noc(CN(C)C(=O)C(C)(N)c2ccc(Br)cc2)n1.Cl. The van der Waals surface area contributed by atoms with Crippen LogP contribution in [0.2, 0.25) is 0 Å². The third-order valence-electron chi connectivity index (χ3n) is 3.81. The Balaban J connectivity index is 0.00000312. The van der Waals surface area contributed by atoms with Gasteiger partial charge in [-0.15, -0.1) is 12.4 Å². The predicted molar refractivity (Wildman–Crippen MR) is 99.1 cm³/mol. The van der Waals surface area contributed by atoms with Crippen molar-refractivity contribution in [2.45, 2.75) is 32.0 Å². The predicted octanol–water partition coefficient (Wildman–Crippen LogP) is 2.79. The maximum Gasteiger partial charge on any atom is 0.247 e. The van der Waals surface area contributed by atoms with E-state index in [1.54, 1.807) is 21.1 Å². The Morgan fingerprint density at radius 3 is 2.60 bits per heavy atom. The smallest absolute Gasteiger partial charge is 0.247 e. The number of ether oxygens (including phenoxy) is 1. The maximum absolute atomic E-state index is 12.7. The summed E-state index contributed by atoms with van der Waals surface area (Å²) in [4.78, 5) is 18.4. The molecule has 0 spiro atoms. The van der Waals surface area contributed by atoms with Gasteiger partial charge in [-0.2, -0.15) is 4.98 Å². The van der Waals surface area contributed by atoms with Crippen LogP contribution in [0.3, 0.4) is 0 Å². The number of benzene rings is 1. The highest BCUT2D eigenvalue weighted by Crippen LogP contribution is 2.23. The highest BCUT2D eigenvalue weighted by molar-refractivity contribution is 9.10. The van der Waals surface area contributed by atoms with E-state index in [9.17, 15) is 4.79 Å². The molecule has 25 heavy (non-hydrogen) atoms.